The number of ether oxygens (including phenoxy) is 1. The van der Waals surface area contributed by atoms with Gasteiger partial charge in [-0.15, -0.1) is 0 Å². The third-order valence-electron chi connectivity index (χ3n) is 9.43. The smallest absolute Gasteiger partial charge is 0.264 e. The number of amides is 1. The second-order valence-corrected chi connectivity index (χ2v) is 12.3. The number of hydrogen-bond donors (Lipinski definition) is 1. The summed E-state index contributed by atoms with van der Waals surface area (Å²) in [6.45, 7) is 8.95. The van der Waals surface area contributed by atoms with Crippen LogP contribution in [-0.2, 0) is 16.1 Å². The number of anilines is 1. The molecule has 1 aromatic carbocycles. The van der Waals surface area contributed by atoms with E-state index in [1.54, 1.807) is 10.9 Å². The lowest BCUT2D eigenvalue weighted by Crippen LogP contribution is -2.56. The number of piperidine rings is 1. The van der Waals surface area contributed by atoms with Crippen LogP contribution in [-0.4, -0.2) is 104 Å². The molecule has 1 saturated carbocycles. The summed E-state index contributed by atoms with van der Waals surface area (Å²) in [6, 6.07) is 8.81. The molecule has 1 N–H and O–H groups in total. The maximum atomic E-state index is 13.3. The van der Waals surface area contributed by atoms with Gasteiger partial charge in [-0.2, -0.15) is 5.10 Å². The Hall–Kier alpha value is -3.28. The molecule has 7 rings (SSSR count). The van der Waals surface area contributed by atoms with E-state index in [1.807, 2.05) is 24.0 Å². The topological polar surface area (TPSA) is 109 Å². The molecular formula is C29H37N7O4. The number of aliphatic hydroxyl groups is 1. The Morgan fingerprint density at radius 1 is 1.00 bits per heavy atom. The van der Waals surface area contributed by atoms with E-state index in [9.17, 15) is 14.7 Å². The van der Waals surface area contributed by atoms with Gasteiger partial charge < -0.3 is 19.6 Å². The molecule has 0 unspecified atom stereocenters. The number of benzene rings is 1. The van der Waals surface area contributed by atoms with Gasteiger partial charge in [0.15, 0.2) is 5.65 Å². The number of piperazine rings is 1. The summed E-state index contributed by atoms with van der Waals surface area (Å²) >= 11 is 0. The first kappa shape index (κ1) is 25.7. The highest BCUT2D eigenvalue weighted by Gasteiger charge is 2.48. The van der Waals surface area contributed by atoms with Crippen LogP contribution in [0, 0.1) is 5.41 Å². The highest BCUT2D eigenvalue weighted by Crippen LogP contribution is 2.47. The zero-order valence-electron chi connectivity index (χ0n) is 23.0. The summed E-state index contributed by atoms with van der Waals surface area (Å²) in [5, 5.41) is 16.2. The SMILES string of the molecule is CC1(C(=O)N2CCC(O)(Cn3cnc4c(cnn4-c4ccc(N5CCN(C6COC6)CC5)cc4)c3=O)CC2)CC1. The van der Waals surface area contributed by atoms with Gasteiger partial charge in [-0.25, -0.2) is 9.67 Å². The van der Waals surface area contributed by atoms with Crippen molar-refractivity contribution in [3.05, 3.63) is 47.1 Å². The van der Waals surface area contributed by atoms with Crippen LogP contribution >= 0.6 is 0 Å². The molecule has 11 heteroatoms. The van der Waals surface area contributed by atoms with Crippen molar-refractivity contribution in [2.24, 2.45) is 5.41 Å². The summed E-state index contributed by atoms with van der Waals surface area (Å²) in [6.07, 6.45) is 5.83. The van der Waals surface area contributed by atoms with Gasteiger partial charge in [-0.3, -0.25) is 19.1 Å². The maximum absolute atomic E-state index is 13.3. The number of rotatable bonds is 6. The standard InChI is InChI=1S/C29H37N7O4/c1-28(6-7-28)27(38)34-10-8-29(39,9-11-34)19-35-20-30-25-24(26(35)37)16-31-36(25)22-4-2-21(3-5-22)32-12-14-33(15-13-32)23-17-40-18-23/h2-5,16,20,23,39H,6-15,17-19H2,1H3. The molecule has 212 valence electrons. The molecule has 11 nitrogen and oxygen atoms in total. The summed E-state index contributed by atoms with van der Waals surface area (Å²) < 4.78 is 8.51. The van der Waals surface area contributed by atoms with Gasteiger partial charge in [-0.05, 0) is 49.9 Å². The van der Waals surface area contributed by atoms with E-state index >= 15 is 0 Å². The minimum atomic E-state index is -1.05. The van der Waals surface area contributed by atoms with Crippen molar-refractivity contribution in [2.75, 3.05) is 57.4 Å². The second-order valence-electron chi connectivity index (χ2n) is 12.3. The second kappa shape index (κ2) is 9.67. The third kappa shape index (κ3) is 4.59. The van der Waals surface area contributed by atoms with E-state index in [0.717, 1.165) is 57.9 Å². The Kier molecular flexibility index (Phi) is 6.21. The summed E-state index contributed by atoms with van der Waals surface area (Å²) in [4.78, 5) is 37.4. The Labute approximate surface area is 232 Å². The number of carbonyl (C=O) groups excluding carboxylic acids is 1. The van der Waals surface area contributed by atoms with E-state index in [4.69, 9.17) is 4.74 Å². The normalized spacial score (nSPS) is 22.9. The molecule has 1 amide bonds. The number of nitrogens with zero attached hydrogens (tertiary/aromatic N) is 7. The summed E-state index contributed by atoms with van der Waals surface area (Å²) in [5.41, 5.74) is 1.03. The van der Waals surface area contributed by atoms with Gasteiger partial charge in [0.25, 0.3) is 5.56 Å². The number of aromatic nitrogens is 4. The van der Waals surface area contributed by atoms with E-state index in [-0.39, 0.29) is 23.4 Å². The van der Waals surface area contributed by atoms with Crippen LogP contribution < -0.4 is 10.5 Å². The van der Waals surface area contributed by atoms with Crippen molar-refractivity contribution < 1.29 is 14.6 Å². The monoisotopic (exact) mass is 547 g/mol. The van der Waals surface area contributed by atoms with Gasteiger partial charge >= 0.3 is 0 Å². The Morgan fingerprint density at radius 3 is 2.30 bits per heavy atom. The highest BCUT2D eigenvalue weighted by atomic mass is 16.5. The quantitative estimate of drug-likeness (QED) is 0.492. The average Bonchev–Trinajstić information content (AvgIpc) is 3.54. The van der Waals surface area contributed by atoms with Crippen molar-refractivity contribution in [1.82, 2.24) is 29.1 Å². The molecule has 3 aromatic rings. The van der Waals surface area contributed by atoms with Gasteiger partial charge in [0, 0.05) is 50.4 Å². The van der Waals surface area contributed by atoms with Crippen LogP contribution in [0.4, 0.5) is 5.69 Å². The minimum Gasteiger partial charge on any atom is -0.388 e. The van der Waals surface area contributed by atoms with Crippen LogP contribution in [0.25, 0.3) is 16.7 Å². The van der Waals surface area contributed by atoms with Crippen LogP contribution in [0.5, 0.6) is 0 Å². The van der Waals surface area contributed by atoms with E-state index in [0.29, 0.717) is 43.0 Å². The van der Waals surface area contributed by atoms with E-state index in [2.05, 4.69) is 32.0 Å². The Morgan fingerprint density at radius 2 is 1.68 bits per heavy atom. The summed E-state index contributed by atoms with van der Waals surface area (Å²) in [5.74, 6) is 0.192. The fraction of sp³-hybridized carbons (Fsp3) is 0.586. The molecule has 0 atom stereocenters. The molecular weight excluding hydrogens is 510 g/mol. The van der Waals surface area contributed by atoms with Gasteiger partial charge in [0.1, 0.15) is 11.7 Å². The Bertz CT molecular complexity index is 1460. The van der Waals surface area contributed by atoms with Crippen molar-refractivity contribution in [3.63, 3.8) is 0 Å². The maximum Gasteiger partial charge on any atom is 0.264 e. The van der Waals surface area contributed by atoms with Crippen molar-refractivity contribution >= 4 is 22.6 Å². The molecule has 0 spiro atoms. The van der Waals surface area contributed by atoms with Gasteiger partial charge in [0.2, 0.25) is 5.91 Å². The molecule has 3 saturated heterocycles. The lowest BCUT2D eigenvalue weighted by Gasteiger charge is -2.43. The highest BCUT2D eigenvalue weighted by molar-refractivity contribution is 5.85. The Balaban J connectivity index is 1.02. The largest absolute Gasteiger partial charge is 0.388 e. The summed E-state index contributed by atoms with van der Waals surface area (Å²) in [7, 11) is 0. The van der Waals surface area contributed by atoms with Crippen molar-refractivity contribution in [2.45, 2.75) is 50.8 Å². The first-order valence-electron chi connectivity index (χ1n) is 14.4. The molecule has 0 bridgehead atoms. The molecule has 4 fully saturated rings. The van der Waals surface area contributed by atoms with Crippen molar-refractivity contribution in [1.29, 1.82) is 0 Å². The first-order valence-corrected chi connectivity index (χ1v) is 14.4. The van der Waals surface area contributed by atoms with Gasteiger partial charge in [0.05, 0.1) is 43.3 Å². The number of hydrogen-bond acceptors (Lipinski definition) is 8. The molecule has 0 radical (unpaired) electrons. The molecule has 5 heterocycles. The molecule has 2 aromatic heterocycles. The number of fused-ring (bicyclic) bond motifs is 1. The lowest BCUT2D eigenvalue weighted by molar-refractivity contribution is -0.141. The molecule has 4 aliphatic rings. The fourth-order valence-corrected chi connectivity index (χ4v) is 6.22. The third-order valence-corrected chi connectivity index (χ3v) is 9.43. The van der Waals surface area contributed by atoms with Crippen molar-refractivity contribution in [3.8, 4) is 5.69 Å². The average molecular weight is 548 g/mol. The first-order chi connectivity index (χ1) is 19.3. The molecule has 3 aliphatic heterocycles. The van der Waals surface area contributed by atoms with Crippen LogP contribution in [0.1, 0.15) is 32.6 Å². The minimum absolute atomic E-state index is 0.148. The van der Waals surface area contributed by atoms with Gasteiger partial charge in [-0.1, -0.05) is 6.92 Å². The number of carbonyl (C=O) groups is 1. The number of likely N-dealkylation sites (tertiary alicyclic amines) is 1. The van der Waals surface area contributed by atoms with Crippen LogP contribution in [0.2, 0.25) is 0 Å². The molecule has 1 aliphatic carbocycles. The predicted molar refractivity (Wildman–Crippen MR) is 150 cm³/mol. The predicted octanol–water partition coefficient (Wildman–Crippen LogP) is 1.26. The lowest BCUT2D eigenvalue weighted by atomic mass is 9.90. The van der Waals surface area contributed by atoms with E-state index in [1.165, 1.54) is 16.6 Å². The van der Waals surface area contributed by atoms with E-state index < -0.39 is 5.60 Å². The zero-order valence-corrected chi connectivity index (χ0v) is 23.0. The van der Waals surface area contributed by atoms with Crippen LogP contribution in [0.3, 0.4) is 0 Å². The zero-order chi connectivity index (χ0) is 27.5. The molecule has 40 heavy (non-hydrogen) atoms. The van der Waals surface area contributed by atoms with Crippen LogP contribution in [0.15, 0.2) is 41.6 Å². The fourth-order valence-electron chi connectivity index (χ4n) is 6.22.